The molecule has 0 saturated carbocycles. The Morgan fingerprint density at radius 3 is 2.88 bits per heavy atom. The highest BCUT2D eigenvalue weighted by molar-refractivity contribution is 5.88. The van der Waals surface area contributed by atoms with Gasteiger partial charge in [0.15, 0.2) is 0 Å². The van der Waals surface area contributed by atoms with Crippen molar-refractivity contribution < 1.29 is 9.90 Å². The predicted molar refractivity (Wildman–Crippen MR) is 61.8 cm³/mol. The monoisotopic (exact) mass is 220 g/mol. The average Bonchev–Trinajstić information content (AvgIpc) is 2.59. The molecule has 86 valence electrons. The van der Waals surface area contributed by atoms with Gasteiger partial charge in [-0.25, -0.2) is 9.78 Å². The topological polar surface area (TPSA) is 53.4 Å². The second-order valence-electron chi connectivity index (χ2n) is 5.04. The fourth-order valence-electron chi connectivity index (χ4n) is 2.03. The first-order valence-electron chi connectivity index (χ1n) is 5.42. The lowest BCUT2D eigenvalue weighted by atomic mass is 9.93. The minimum atomic E-state index is -0.901. The summed E-state index contributed by atoms with van der Waals surface area (Å²) in [6, 6.07) is 3.16. The lowest BCUT2D eigenvalue weighted by Gasteiger charge is -2.20. The van der Waals surface area contributed by atoms with E-state index in [2.05, 4.69) is 23.7 Å². The molecule has 0 bridgehead atoms. The number of hydrogen-bond donors (Lipinski definition) is 1. The van der Waals surface area contributed by atoms with E-state index in [0.29, 0.717) is 11.0 Å². The van der Waals surface area contributed by atoms with E-state index in [9.17, 15) is 4.79 Å². The molecule has 1 N–H and O–H groups in total. The number of aromatic carboxylic acids is 1. The number of pyridine rings is 1. The van der Waals surface area contributed by atoms with Crippen LogP contribution in [0.25, 0.3) is 0 Å². The van der Waals surface area contributed by atoms with Gasteiger partial charge in [-0.2, -0.15) is 0 Å². The van der Waals surface area contributed by atoms with Crippen LogP contribution in [0.2, 0.25) is 0 Å². The van der Waals surface area contributed by atoms with Crippen LogP contribution >= 0.6 is 0 Å². The number of carbonyl (C=O) groups is 1. The molecular formula is C12H16N2O2. The van der Waals surface area contributed by atoms with E-state index in [1.165, 1.54) is 6.07 Å². The van der Waals surface area contributed by atoms with Gasteiger partial charge in [-0.05, 0) is 24.0 Å². The van der Waals surface area contributed by atoms with Gasteiger partial charge < -0.3 is 10.0 Å². The summed E-state index contributed by atoms with van der Waals surface area (Å²) in [7, 11) is 0. The normalized spacial score (nSPS) is 18.8. The molecule has 4 nitrogen and oxygen atoms in total. The van der Waals surface area contributed by atoms with Crippen LogP contribution in [0.3, 0.4) is 0 Å². The van der Waals surface area contributed by atoms with Gasteiger partial charge in [0.05, 0.1) is 5.56 Å². The van der Waals surface area contributed by atoms with Crippen molar-refractivity contribution in [3.63, 3.8) is 0 Å². The van der Waals surface area contributed by atoms with Gasteiger partial charge in [0.25, 0.3) is 0 Å². The molecule has 0 unspecified atom stereocenters. The van der Waals surface area contributed by atoms with E-state index < -0.39 is 5.97 Å². The molecule has 0 radical (unpaired) electrons. The summed E-state index contributed by atoms with van der Waals surface area (Å²) in [5.74, 6) is -0.132. The number of carboxylic acids is 1. The number of carboxylic acid groups (broad SMARTS) is 1. The summed E-state index contributed by atoms with van der Waals surface area (Å²) in [6.45, 7) is 6.31. The quantitative estimate of drug-likeness (QED) is 0.828. The Bertz CT molecular complexity index is 415. The Hall–Kier alpha value is -1.58. The van der Waals surface area contributed by atoms with E-state index in [-0.39, 0.29) is 0 Å². The molecule has 2 heterocycles. The number of nitrogens with zero attached hydrogens (tertiary/aromatic N) is 2. The van der Waals surface area contributed by atoms with Crippen molar-refractivity contribution in [2.45, 2.75) is 20.3 Å². The van der Waals surface area contributed by atoms with Gasteiger partial charge in [-0.1, -0.05) is 13.8 Å². The second-order valence-corrected chi connectivity index (χ2v) is 5.04. The first kappa shape index (κ1) is 10.9. The molecule has 2 rings (SSSR count). The maximum atomic E-state index is 10.8. The van der Waals surface area contributed by atoms with Crippen LogP contribution in [-0.2, 0) is 0 Å². The Balaban J connectivity index is 2.22. The van der Waals surface area contributed by atoms with E-state index in [4.69, 9.17) is 5.11 Å². The molecule has 0 spiro atoms. The third kappa shape index (κ3) is 2.15. The summed E-state index contributed by atoms with van der Waals surface area (Å²) >= 11 is 0. The summed E-state index contributed by atoms with van der Waals surface area (Å²) in [4.78, 5) is 17.2. The summed E-state index contributed by atoms with van der Waals surface area (Å²) < 4.78 is 0. The van der Waals surface area contributed by atoms with Crippen LogP contribution in [0.15, 0.2) is 18.3 Å². The molecular weight excluding hydrogens is 204 g/mol. The number of aromatic nitrogens is 1. The van der Waals surface area contributed by atoms with Crippen LogP contribution in [0.5, 0.6) is 0 Å². The van der Waals surface area contributed by atoms with Crippen molar-refractivity contribution in [1.82, 2.24) is 4.98 Å². The van der Waals surface area contributed by atoms with Crippen LogP contribution < -0.4 is 4.90 Å². The van der Waals surface area contributed by atoms with Crippen molar-refractivity contribution in [3.8, 4) is 0 Å². The second kappa shape index (κ2) is 3.77. The smallest absolute Gasteiger partial charge is 0.335 e. The average molecular weight is 220 g/mol. The van der Waals surface area contributed by atoms with Gasteiger partial charge in [0.1, 0.15) is 5.82 Å². The Kier molecular flexibility index (Phi) is 2.58. The van der Waals surface area contributed by atoms with E-state index in [1.54, 1.807) is 12.3 Å². The molecule has 1 aliphatic heterocycles. The Labute approximate surface area is 94.9 Å². The largest absolute Gasteiger partial charge is 0.478 e. The first-order chi connectivity index (χ1) is 7.48. The van der Waals surface area contributed by atoms with Crippen molar-refractivity contribution in [3.05, 3.63) is 23.9 Å². The minimum absolute atomic E-state index is 0.293. The van der Waals surface area contributed by atoms with Crippen LogP contribution in [0, 0.1) is 5.41 Å². The highest BCUT2D eigenvalue weighted by atomic mass is 16.4. The first-order valence-corrected chi connectivity index (χ1v) is 5.42. The summed E-state index contributed by atoms with van der Waals surface area (Å²) in [6.07, 6.45) is 2.68. The van der Waals surface area contributed by atoms with Crippen LogP contribution in [0.1, 0.15) is 30.6 Å². The summed E-state index contributed by atoms with van der Waals surface area (Å²) in [5.41, 5.74) is 0.593. The zero-order valence-corrected chi connectivity index (χ0v) is 9.60. The maximum absolute atomic E-state index is 10.8. The lowest BCUT2D eigenvalue weighted by Crippen LogP contribution is -2.23. The Morgan fingerprint density at radius 1 is 1.56 bits per heavy atom. The fraction of sp³-hybridized carbons (Fsp3) is 0.500. The molecule has 0 amide bonds. The van der Waals surface area contributed by atoms with Crippen molar-refractivity contribution >= 4 is 11.8 Å². The van der Waals surface area contributed by atoms with Gasteiger partial charge in [0.2, 0.25) is 0 Å². The highest BCUT2D eigenvalue weighted by Crippen LogP contribution is 2.31. The molecule has 1 aromatic heterocycles. The molecule has 16 heavy (non-hydrogen) atoms. The number of rotatable bonds is 2. The molecule has 0 aliphatic carbocycles. The van der Waals surface area contributed by atoms with Crippen molar-refractivity contribution in [1.29, 1.82) is 0 Å². The fourth-order valence-corrected chi connectivity index (χ4v) is 2.03. The van der Waals surface area contributed by atoms with Crippen molar-refractivity contribution in [2.75, 3.05) is 18.0 Å². The summed E-state index contributed by atoms with van der Waals surface area (Å²) in [5, 5.41) is 8.91. The maximum Gasteiger partial charge on any atom is 0.335 e. The van der Waals surface area contributed by atoms with Gasteiger partial charge >= 0.3 is 5.97 Å². The van der Waals surface area contributed by atoms with Gasteiger partial charge in [-0.3, -0.25) is 0 Å². The van der Waals surface area contributed by atoms with Gasteiger partial charge in [-0.15, -0.1) is 0 Å². The van der Waals surface area contributed by atoms with E-state index >= 15 is 0 Å². The molecule has 4 heteroatoms. The molecule has 0 atom stereocenters. The molecule has 1 saturated heterocycles. The lowest BCUT2D eigenvalue weighted by molar-refractivity contribution is 0.0697. The zero-order chi connectivity index (χ0) is 11.8. The third-order valence-corrected chi connectivity index (χ3v) is 2.99. The van der Waals surface area contributed by atoms with Crippen LogP contribution in [-0.4, -0.2) is 29.1 Å². The predicted octanol–water partition coefficient (Wildman–Crippen LogP) is 2.02. The third-order valence-electron chi connectivity index (χ3n) is 2.99. The van der Waals surface area contributed by atoms with Crippen LogP contribution in [0.4, 0.5) is 5.82 Å². The minimum Gasteiger partial charge on any atom is -0.478 e. The van der Waals surface area contributed by atoms with Gasteiger partial charge in [0, 0.05) is 19.3 Å². The number of hydrogen-bond acceptors (Lipinski definition) is 3. The molecule has 1 aromatic rings. The highest BCUT2D eigenvalue weighted by Gasteiger charge is 2.29. The zero-order valence-electron chi connectivity index (χ0n) is 9.60. The Morgan fingerprint density at radius 2 is 2.31 bits per heavy atom. The molecule has 1 fully saturated rings. The SMILES string of the molecule is CC1(C)CCN(c2cc(C(=O)O)ccn2)C1. The van der Waals surface area contributed by atoms with Crippen molar-refractivity contribution in [2.24, 2.45) is 5.41 Å². The standard InChI is InChI=1S/C12H16N2O2/c1-12(2)4-6-14(8-12)10-7-9(11(15)16)3-5-13-10/h3,5,7H,4,6,8H2,1-2H3,(H,15,16). The van der Waals surface area contributed by atoms with E-state index in [0.717, 1.165) is 25.3 Å². The van der Waals surface area contributed by atoms with E-state index in [1.807, 2.05) is 0 Å². The molecule has 0 aromatic carbocycles. The molecule has 1 aliphatic rings. The number of anilines is 1.